The number of aryl methyl sites for hydroxylation is 1. The maximum absolute atomic E-state index is 13.4. The van der Waals surface area contributed by atoms with Gasteiger partial charge in [0, 0.05) is 49.8 Å². The Morgan fingerprint density at radius 1 is 1.36 bits per heavy atom. The first-order valence-corrected chi connectivity index (χ1v) is 8.22. The summed E-state index contributed by atoms with van der Waals surface area (Å²) in [6.45, 7) is 4.91. The fourth-order valence-electron chi connectivity index (χ4n) is 2.76. The van der Waals surface area contributed by atoms with Gasteiger partial charge in [0.2, 0.25) is 0 Å². The molecule has 25 heavy (non-hydrogen) atoms. The standard InChI is InChI=1S/C18H25FN4O2/c1-12(2)15(17-7-8-21-23(17)3)10-20-18(24)22-16-6-5-14(19)9-13(16)11-25-4/h5-9,12,15H,10-11H2,1-4H3,(H2,20,22,24)/t15-/m1/s1. The number of hydrogen-bond donors (Lipinski definition) is 2. The summed E-state index contributed by atoms with van der Waals surface area (Å²) in [5.41, 5.74) is 2.18. The predicted octanol–water partition coefficient (Wildman–Crippen LogP) is 3.27. The summed E-state index contributed by atoms with van der Waals surface area (Å²) in [7, 11) is 3.41. The van der Waals surface area contributed by atoms with Crippen LogP contribution in [0.2, 0.25) is 0 Å². The van der Waals surface area contributed by atoms with Crippen LogP contribution >= 0.6 is 0 Å². The van der Waals surface area contributed by atoms with E-state index in [0.29, 0.717) is 23.7 Å². The van der Waals surface area contributed by atoms with Gasteiger partial charge in [-0.3, -0.25) is 4.68 Å². The molecule has 0 saturated heterocycles. The number of hydrogen-bond acceptors (Lipinski definition) is 3. The molecule has 0 saturated carbocycles. The van der Waals surface area contributed by atoms with E-state index in [1.165, 1.54) is 25.3 Å². The number of aromatic nitrogens is 2. The highest BCUT2D eigenvalue weighted by Gasteiger charge is 2.20. The Bertz CT molecular complexity index is 715. The van der Waals surface area contributed by atoms with Crippen LogP contribution in [0.1, 0.15) is 31.0 Å². The van der Waals surface area contributed by atoms with Gasteiger partial charge in [-0.05, 0) is 30.2 Å². The topological polar surface area (TPSA) is 68.2 Å². The Morgan fingerprint density at radius 2 is 2.12 bits per heavy atom. The van der Waals surface area contributed by atoms with Crippen LogP contribution < -0.4 is 10.6 Å². The van der Waals surface area contributed by atoms with Crippen LogP contribution in [-0.2, 0) is 18.4 Å². The van der Waals surface area contributed by atoms with E-state index in [-0.39, 0.29) is 24.4 Å². The zero-order valence-corrected chi connectivity index (χ0v) is 15.0. The summed E-state index contributed by atoms with van der Waals surface area (Å²) < 4.78 is 20.2. The summed E-state index contributed by atoms with van der Waals surface area (Å²) in [4.78, 5) is 12.3. The number of nitrogens with zero attached hydrogens (tertiary/aromatic N) is 2. The SMILES string of the molecule is COCc1cc(F)ccc1NC(=O)NC[C@@H](c1ccnn1C)C(C)C. The molecule has 0 aliphatic rings. The molecular formula is C18H25FN4O2. The average molecular weight is 348 g/mol. The lowest BCUT2D eigenvalue weighted by atomic mass is 9.92. The molecule has 6 nitrogen and oxygen atoms in total. The van der Waals surface area contributed by atoms with Crippen molar-refractivity contribution in [1.29, 1.82) is 0 Å². The van der Waals surface area contributed by atoms with E-state index in [4.69, 9.17) is 4.74 Å². The first-order valence-electron chi connectivity index (χ1n) is 8.22. The first kappa shape index (κ1) is 18.9. The van der Waals surface area contributed by atoms with Gasteiger partial charge in [0.1, 0.15) is 5.82 Å². The summed E-state index contributed by atoms with van der Waals surface area (Å²) in [5.74, 6) is 0.115. The molecule has 0 aliphatic heterocycles. The first-order chi connectivity index (χ1) is 11.9. The van der Waals surface area contributed by atoms with Crippen molar-refractivity contribution < 1.29 is 13.9 Å². The van der Waals surface area contributed by atoms with Crippen molar-refractivity contribution in [1.82, 2.24) is 15.1 Å². The molecule has 0 bridgehead atoms. The lowest BCUT2D eigenvalue weighted by molar-refractivity contribution is 0.185. The Morgan fingerprint density at radius 3 is 2.72 bits per heavy atom. The van der Waals surface area contributed by atoms with Gasteiger partial charge in [-0.15, -0.1) is 0 Å². The van der Waals surface area contributed by atoms with Gasteiger partial charge in [-0.25, -0.2) is 9.18 Å². The van der Waals surface area contributed by atoms with Gasteiger partial charge < -0.3 is 15.4 Å². The molecule has 1 atom stereocenters. The minimum Gasteiger partial charge on any atom is -0.380 e. The van der Waals surface area contributed by atoms with Crippen LogP contribution in [0.15, 0.2) is 30.5 Å². The number of carbonyl (C=O) groups is 1. The van der Waals surface area contributed by atoms with Gasteiger partial charge in [-0.2, -0.15) is 5.10 Å². The Labute approximate surface area is 147 Å². The number of amides is 2. The van der Waals surface area contributed by atoms with E-state index in [1.54, 1.807) is 6.20 Å². The van der Waals surface area contributed by atoms with E-state index < -0.39 is 0 Å². The fourth-order valence-corrected chi connectivity index (χ4v) is 2.76. The highest BCUT2D eigenvalue weighted by atomic mass is 19.1. The maximum Gasteiger partial charge on any atom is 0.319 e. The summed E-state index contributed by atoms with van der Waals surface area (Å²) in [5, 5.41) is 9.84. The third kappa shape index (κ3) is 5.03. The van der Waals surface area contributed by atoms with Crippen molar-refractivity contribution in [3.8, 4) is 0 Å². The zero-order chi connectivity index (χ0) is 18.4. The molecule has 0 fully saturated rings. The molecule has 2 rings (SSSR count). The molecule has 0 spiro atoms. The number of rotatable bonds is 7. The Balaban J connectivity index is 2.01. The van der Waals surface area contributed by atoms with Crippen molar-refractivity contribution in [2.75, 3.05) is 19.0 Å². The molecule has 2 amide bonds. The number of methoxy groups -OCH3 is 1. The molecule has 0 radical (unpaired) electrons. The van der Waals surface area contributed by atoms with Crippen LogP contribution in [0.3, 0.4) is 0 Å². The molecule has 136 valence electrons. The summed E-state index contributed by atoms with van der Waals surface area (Å²) in [6, 6.07) is 5.81. The number of urea groups is 1. The van der Waals surface area contributed by atoms with Crippen LogP contribution in [0.25, 0.3) is 0 Å². The van der Waals surface area contributed by atoms with E-state index in [1.807, 2.05) is 17.8 Å². The minimum atomic E-state index is -0.367. The highest BCUT2D eigenvalue weighted by Crippen LogP contribution is 2.23. The lowest BCUT2D eigenvalue weighted by Gasteiger charge is -2.22. The third-order valence-corrected chi connectivity index (χ3v) is 4.14. The number of nitrogens with one attached hydrogen (secondary N) is 2. The number of halogens is 1. The Kier molecular flexibility index (Phi) is 6.52. The van der Waals surface area contributed by atoms with Crippen molar-refractivity contribution in [3.63, 3.8) is 0 Å². The second kappa shape index (κ2) is 8.62. The minimum absolute atomic E-state index is 0.143. The average Bonchev–Trinajstić information content (AvgIpc) is 2.96. The van der Waals surface area contributed by atoms with E-state index in [0.717, 1.165) is 5.69 Å². The summed E-state index contributed by atoms with van der Waals surface area (Å²) in [6.07, 6.45) is 1.75. The molecular weight excluding hydrogens is 323 g/mol. The lowest BCUT2D eigenvalue weighted by Crippen LogP contribution is -2.34. The zero-order valence-electron chi connectivity index (χ0n) is 15.0. The quantitative estimate of drug-likeness (QED) is 0.807. The van der Waals surface area contributed by atoms with Gasteiger partial charge in [-0.1, -0.05) is 13.8 Å². The smallest absolute Gasteiger partial charge is 0.319 e. The summed E-state index contributed by atoms with van der Waals surface area (Å²) >= 11 is 0. The largest absolute Gasteiger partial charge is 0.380 e. The number of ether oxygens (including phenoxy) is 1. The fraction of sp³-hybridized carbons (Fsp3) is 0.444. The molecule has 7 heteroatoms. The van der Waals surface area contributed by atoms with Gasteiger partial charge in [0.15, 0.2) is 0 Å². The molecule has 1 heterocycles. The Hall–Kier alpha value is -2.41. The maximum atomic E-state index is 13.4. The molecule has 0 unspecified atom stereocenters. The van der Waals surface area contributed by atoms with Crippen LogP contribution in [-0.4, -0.2) is 29.5 Å². The van der Waals surface area contributed by atoms with Crippen molar-refractivity contribution in [2.24, 2.45) is 13.0 Å². The third-order valence-electron chi connectivity index (χ3n) is 4.14. The van der Waals surface area contributed by atoms with E-state index >= 15 is 0 Å². The molecule has 2 aromatic rings. The molecule has 1 aromatic heterocycles. The molecule has 0 aliphatic carbocycles. The van der Waals surface area contributed by atoms with Crippen LogP contribution in [0, 0.1) is 11.7 Å². The van der Waals surface area contributed by atoms with Gasteiger partial charge in [0.05, 0.1) is 6.61 Å². The van der Waals surface area contributed by atoms with Gasteiger partial charge >= 0.3 is 6.03 Å². The molecule has 1 aromatic carbocycles. The van der Waals surface area contributed by atoms with Crippen molar-refractivity contribution in [3.05, 3.63) is 47.5 Å². The number of benzene rings is 1. The monoisotopic (exact) mass is 348 g/mol. The predicted molar refractivity (Wildman–Crippen MR) is 94.9 cm³/mol. The second-order valence-electron chi connectivity index (χ2n) is 6.30. The normalized spacial score (nSPS) is 12.2. The van der Waals surface area contributed by atoms with Crippen LogP contribution in [0.4, 0.5) is 14.9 Å². The highest BCUT2D eigenvalue weighted by molar-refractivity contribution is 5.90. The van der Waals surface area contributed by atoms with Gasteiger partial charge in [0.25, 0.3) is 0 Å². The number of anilines is 1. The van der Waals surface area contributed by atoms with Crippen molar-refractivity contribution in [2.45, 2.75) is 26.4 Å². The van der Waals surface area contributed by atoms with E-state index in [9.17, 15) is 9.18 Å². The number of carbonyl (C=O) groups excluding carboxylic acids is 1. The van der Waals surface area contributed by atoms with Crippen LogP contribution in [0.5, 0.6) is 0 Å². The second-order valence-corrected chi connectivity index (χ2v) is 6.30. The van der Waals surface area contributed by atoms with Crippen molar-refractivity contribution >= 4 is 11.7 Å². The molecule has 2 N–H and O–H groups in total. The van der Waals surface area contributed by atoms with E-state index in [2.05, 4.69) is 29.6 Å².